The maximum absolute atomic E-state index is 13.4. The monoisotopic (exact) mass is 439 g/mol. The van der Waals surface area contributed by atoms with E-state index in [4.69, 9.17) is 0 Å². The highest BCUT2D eigenvalue weighted by atomic mass is 16.2. The first-order valence-corrected chi connectivity index (χ1v) is 12.0. The lowest BCUT2D eigenvalue weighted by atomic mass is 10.0. The van der Waals surface area contributed by atoms with Crippen molar-refractivity contribution in [2.45, 2.75) is 45.2 Å². The Labute approximate surface area is 191 Å². The molecule has 2 amide bonds. The number of carbonyl (C=O) groups excluding carboxylic acids is 2. The van der Waals surface area contributed by atoms with Gasteiger partial charge in [0.05, 0.1) is 0 Å². The molecule has 4 rings (SSSR count). The molecule has 7 heteroatoms. The quantitative estimate of drug-likeness (QED) is 0.726. The van der Waals surface area contributed by atoms with Gasteiger partial charge in [-0.1, -0.05) is 19.9 Å². The number of nitrogens with zero attached hydrogens (tertiary/aromatic N) is 3. The van der Waals surface area contributed by atoms with E-state index < -0.39 is 6.04 Å². The molecule has 0 saturated carbocycles. The van der Waals surface area contributed by atoms with Crippen molar-refractivity contribution in [1.29, 1.82) is 0 Å². The van der Waals surface area contributed by atoms with E-state index in [-0.39, 0.29) is 11.8 Å². The summed E-state index contributed by atoms with van der Waals surface area (Å²) < 4.78 is 0. The Morgan fingerprint density at radius 3 is 2.47 bits per heavy atom. The number of likely N-dealkylation sites (tertiary alicyclic amines) is 1. The lowest BCUT2D eigenvalue weighted by Gasteiger charge is -2.42. The third kappa shape index (κ3) is 5.33. The third-order valence-corrected chi connectivity index (χ3v) is 6.96. The highest BCUT2D eigenvalue weighted by molar-refractivity contribution is 6.00. The molecule has 2 fully saturated rings. The van der Waals surface area contributed by atoms with Crippen LogP contribution in [0.1, 0.15) is 43.5 Å². The van der Waals surface area contributed by atoms with Gasteiger partial charge in [0, 0.05) is 49.5 Å². The highest BCUT2D eigenvalue weighted by Gasteiger charge is 2.32. The molecule has 2 N–H and O–H groups in total. The van der Waals surface area contributed by atoms with Crippen molar-refractivity contribution in [2.75, 3.05) is 46.3 Å². The molecule has 2 aromatic rings. The zero-order valence-electron chi connectivity index (χ0n) is 19.6. The Kier molecular flexibility index (Phi) is 7.16. The summed E-state index contributed by atoms with van der Waals surface area (Å²) in [6.07, 6.45) is 4.93. The molecule has 0 unspecified atom stereocenters. The number of carbonyl (C=O) groups is 2. The number of piperazine rings is 1. The molecule has 0 bridgehead atoms. The van der Waals surface area contributed by atoms with Crippen molar-refractivity contribution in [2.24, 2.45) is 5.92 Å². The van der Waals surface area contributed by atoms with E-state index in [2.05, 4.69) is 41.0 Å². The Morgan fingerprint density at radius 1 is 1.06 bits per heavy atom. The van der Waals surface area contributed by atoms with Gasteiger partial charge in [-0.05, 0) is 68.9 Å². The van der Waals surface area contributed by atoms with Crippen LogP contribution >= 0.6 is 0 Å². The predicted octanol–water partition coefficient (Wildman–Crippen LogP) is 2.55. The number of rotatable bonds is 6. The van der Waals surface area contributed by atoms with Gasteiger partial charge < -0.3 is 20.1 Å². The first-order chi connectivity index (χ1) is 15.4. The summed E-state index contributed by atoms with van der Waals surface area (Å²) in [6, 6.07) is 7.73. The second kappa shape index (κ2) is 10.0. The first kappa shape index (κ1) is 22.8. The smallest absolute Gasteiger partial charge is 0.252 e. The number of aromatic amines is 1. The minimum absolute atomic E-state index is 0.0519. The molecule has 2 saturated heterocycles. The van der Waals surface area contributed by atoms with Crippen LogP contribution in [0.2, 0.25) is 0 Å². The minimum atomic E-state index is -0.489. The summed E-state index contributed by atoms with van der Waals surface area (Å²) in [7, 11) is 2.19. The first-order valence-electron chi connectivity index (χ1n) is 12.0. The average Bonchev–Trinajstić information content (AvgIpc) is 3.26. The highest BCUT2D eigenvalue weighted by Crippen LogP contribution is 2.19. The largest absolute Gasteiger partial charge is 0.361 e. The van der Waals surface area contributed by atoms with Gasteiger partial charge in [-0.25, -0.2) is 0 Å². The van der Waals surface area contributed by atoms with E-state index in [0.29, 0.717) is 23.9 Å². The number of nitrogens with one attached hydrogen (secondary N) is 2. The van der Waals surface area contributed by atoms with Crippen LogP contribution < -0.4 is 5.32 Å². The number of fused-ring (bicyclic) bond motifs is 1. The van der Waals surface area contributed by atoms with E-state index in [1.807, 2.05) is 35.4 Å². The van der Waals surface area contributed by atoms with Crippen molar-refractivity contribution >= 4 is 22.7 Å². The number of H-pyrrole nitrogens is 1. The second-order valence-corrected chi connectivity index (χ2v) is 9.83. The maximum Gasteiger partial charge on any atom is 0.252 e. The lowest BCUT2D eigenvalue weighted by Crippen LogP contribution is -2.57. The van der Waals surface area contributed by atoms with Crippen LogP contribution in [0, 0.1) is 5.92 Å². The van der Waals surface area contributed by atoms with Gasteiger partial charge >= 0.3 is 0 Å². The van der Waals surface area contributed by atoms with Crippen LogP contribution in [0.4, 0.5) is 0 Å². The number of aromatic nitrogens is 1. The van der Waals surface area contributed by atoms with E-state index in [9.17, 15) is 9.59 Å². The van der Waals surface area contributed by atoms with Crippen LogP contribution in [-0.2, 0) is 4.79 Å². The summed E-state index contributed by atoms with van der Waals surface area (Å²) in [6.45, 7) is 9.82. The number of amides is 2. The molecular formula is C25H37N5O2. The molecule has 7 nitrogen and oxygen atoms in total. The molecule has 1 atom stereocenters. The molecule has 174 valence electrons. The van der Waals surface area contributed by atoms with E-state index in [1.165, 1.54) is 12.8 Å². The van der Waals surface area contributed by atoms with Gasteiger partial charge in [-0.15, -0.1) is 0 Å². The topological polar surface area (TPSA) is 71.7 Å². The molecule has 0 spiro atoms. The fourth-order valence-corrected chi connectivity index (χ4v) is 5.01. The standard InChI is InChI=1S/C25H37N5O2/c1-18(2)16-23(27-24(31)20-5-4-19-6-9-26-22(19)17-20)25(32)30-14-12-29(13-15-30)21-7-10-28(3)11-8-21/h4-6,9,17-18,21,23,26H,7-8,10-16H2,1-3H3,(H,27,31)/t23-/m1/s1. The van der Waals surface area contributed by atoms with Gasteiger partial charge in [-0.2, -0.15) is 0 Å². The van der Waals surface area contributed by atoms with Crippen LogP contribution in [0.3, 0.4) is 0 Å². The van der Waals surface area contributed by atoms with Crippen LogP contribution in [-0.4, -0.2) is 89.9 Å². The predicted molar refractivity (Wildman–Crippen MR) is 128 cm³/mol. The molecule has 0 aliphatic carbocycles. The van der Waals surface area contributed by atoms with Gasteiger partial charge in [0.25, 0.3) is 5.91 Å². The molecule has 3 heterocycles. The summed E-state index contributed by atoms with van der Waals surface area (Å²) >= 11 is 0. The maximum atomic E-state index is 13.4. The van der Waals surface area contributed by atoms with Gasteiger partial charge in [0.15, 0.2) is 0 Å². The molecule has 2 aliphatic rings. The second-order valence-electron chi connectivity index (χ2n) is 9.83. The number of benzene rings is 1. The van der Waals surface area contributed by atoms with Crippen molar-refractivity contribution in [3.63, 3.8) is 0 Å². The Bertz CT molecular complexity index is 923. The van der Waals surface area contributed by atoms with Crippen molar-refractivity contribution in [1.82, 2.24) is 25.0 Å². The number of piperidine rings is 1. The fraction of sp³-hybridized carbons (Fsp3) is 0.600. The molecule has 1 aromatic carbocycles. The lowest BCUT2D eigenvalue weighted by molar-refractivity contribution is -0.135. The normalized spacial score (nSPS) is 20.1. The van der Waals surface area contributed by atoms with Crippen LogP contribution in [0.15, 0.2) is 30.5 Å². The van der Waals surface area contributed by atoms with Crippen molar-refractivity contribution in [3.05, 3.63) is 36.0 Å². The van der Waals surface area contributed by atoms with E-state index in [0.717, 1.165) is 50.2 Å². The SMILES string of the molecule is CC(C)C[C@@H](NC(=O)c1ccc2cc[nH]c2c1)C(=O)N1CCN(C2CCN(C)CC2)CC1. The Morgan fingerprint density at radius 2 is 1.78 bits per heavy atom. The Hall–Kier alpha value is -2.38. The van der Waals surface area contributed by atoms with Crippen LogP contribution in [0.5, 0.6) is 0 Å². The van der Waals surface area contributed by atoms with Crippen molar-refractivity contribution < 1.29 is 9.59 Å². The number of hydrogen-bond acceptors (Lipinski definition) is 4. The zero-order chi connectivity index (χ0) is 22.7. The fourth-order valence-electron chi connectivity index (χ4n) is 5.01. The summed E-state index contributed by atoms with van der Waals surface area (Å²) in [4.78, 5) is 36.4. The van der Waals surface area contributed by atoms with Crippen LogP contribution in [0.25, 0.3) is 10.9 Å². The van der Waals surface area contributed by atoms with E-state index >= 15 is 0 Å². The molecule has 0 radical (unpaired) electrons. The minimum Gasteiger partial charge on any atom is -0.361 e. The summed E-state index contributed by atoms with van der Waals surface area (Å²) in [5.74, 6) is 0.178. The zero-order valence-corrected chi connectivity index (χ0v) is 19.6. The summed E-state index contributed by atoms with van der Waals surface area (Å²) in [5.41, 5.74) is 1.50. The summed E-state index contributed by atoms with van der Waals surface area (Å²) in [5, 5.41) is 4.10. The van der Waals surface area contributed by atoms with Gasteiger partial charge in [0.2, 0.25) is 5.91 Å². The molecule has 2 aliphatic heterocycles. The third-order valence-electron chi connectivity index (χ3n) is 6.96. The molecular weight excluding hydrogens is 402 g/mol. The average molecular weight is 440 g/mol. The Balaban J connectivity index is 1.37. The molecule has 32 heavy (non-hydrogen) atoms. The van der Waals surface area contributed by atoms with Gasteiger partial charge in [-0.3, -0.25) is 14.5 Å². The number of hydrogen-bond donors (Lipinski definition) is 2. The van der Waals surface area contributed by atoms with E-state index in [1.54, 1.807) is 0 Å². The van der Waals surface area contributed by atoms with Gasteiger partial charge in [0.1, 0.15) is 6.04 Å². The van der Waals surface area contributed by atoms with Crippen molar-refractivity contribution in [3.8, 4) is 0 Å². The molecule has 1 aromatic heterocycles.